The van der Waals surface area contributed by atoms with Crippen LogP contribution in [0.5, 0.6) is 0 Å². The third kappa shape index (κ3) is 1.69. The highest BCUT2D eigenvalue weighted by Gasteiger charge is 2.06. The quantitative estimate of drug-likeness (QED) is 0.693. The second-order valence-electron chi connectivity index (χ2n) is 3.57. The molecule has 0 bridgehead atoms. The molecule has 0 saturated heterocycles. The van der Waals surface area contributed by atoms with E-state index in [1.807, 2.05) is 37.3 Å². The Morgan fingerprint density at radius 3 is 2.93 bits per heavy atom. The average molecular weight is 188 g/mol. The molecule has 0 N–H and O–H groups in total. The van der Waals surface area contributed by atoms with Crippen molar-refractivity contribution >= 4 is 17.3 Å². The lowest BCUT2D eigenvalue weighted by atomic mass is 10.1. The number of carbonyl (C=O) groups is 1. The molecule has 72 valence electrons. The van der Waals surface area contributed by atoms with Crippen molar-refractivity contribution in [2.24, 2.45) is 5.92 Å². The average Bonchev–Trinajstić information content (AvgIpc) is 2.59. The summed E-state index contributed by atoms with van der Waals surface area (Å²) in [6, 6.07) is 9.86. The van der Waals surface area contributed by atoms with Gasteiger partial charge in [0.1, 0.15) is 17.6 Å². The first-order valence-electron chi connectivity index (χ1n) is 4.72. The van der Waals surface area contributed by atoms with Crippen LogP contribution in [-0.4, -0.2) is 6.29 Å². The number of aldehydes is 1. The van der Waals surface area contributed by atoms with Crippen molar-refractivity contribution < 1.29 is 9.21 Å². The van der Waals surface area contributed by atoms with Gasteiger partial charge in [0.05, 0.1) is 0 Å². The van der Waals surface area contributed by atoms with Gasteiger partial charge in [0.15, 0.2) is 0 Å². The molecule has 0 aliphatic carbocycles. The summed E-state index contributed by atoms with van der Waals surface area (Å²) in [5.41, 5.74) is 0.889. The molecule has 1 atom stereocenters. The Hall–Kier alpha value is -1.57. The largest absolute Gasteiger partial charge is 0.461 e. The van der Waals surface area contributed by atoms with Gasteiger partial charge in [-0.25, -0.2) is 0 Å². The lowest BCUT2D eigenvalue weighted by Crippen LogP contribution is -1.98. The minimum Gasteiger partial charge on any atom is -0.461 e. The van der Waals surface area contributed by atoms with E-state index in [4.69, 9.17) is 4.42 Å². The molecular formula is C12H12O2. The predicted molar refractivity (Wildman–Crippen MR) is 55.1 cm³/mol. The minimum atomic E-state index is 0.0237. The first kappa shape index (κ1) is 9.00. The Balaban J connectivity index is 2.31. The molecule has 2 aromatic rings. The molecule has 1 unspecified atom stereocenters. The molecule has 0 radical (unpaired) electrons. The van der Waals surface area contributed by atoms with E-state index in [2.05, 4.69) is 0 Å². The SMILES string of the molecule is CC(C=O)Cc1cc2ccccc2o1. The number of furan rings is 1. The van der Waals surface area contributed by atoms with Crippen LogP contribution in [0.15, 0.2) is 34.7 Å². The minimum absolute atomic E-state index is 0.0237. The summed E-state index contributed by atoms with van der Waals surface area (Å²) in [6.07, 6.45) is 1.63. The Morgan fingerprint density at radius 2 is 2.21 bits per heavy atom. The van der Waals surface area contributed by atoms with Gasteiger partial charge in [-0.2, -0.15) is 0 Å². The van der Waals surface area contributed by atoms with Crippen LogP contribution in [0.3, 0.4) is 0 Å². The number of benzene rings is 1. The number of para-hydroxylation sites is 1. The highest BCUT2D eigenvalue weighted by atomic mass is 16.3. The molecule has 14 heavy (non-hydrogen) atoms. The van der Waals surface area contributed by atoms with Gasteiger partial charge in [0, 0.05) is 17.7 Å². The van der Waals surface area contributed by atoms with Crippen molar-refractivity contribution in [3.05, 3.63) is 36.1 Å². The molecule has 0 saturated carbocycles. The van der Waals surface area contributed by atoms with Gasteiger partial charge in [-0.3, -0.25) is 0 Å². The summed E-state index contributed by atoms with van der Waals surface area (Å²) >= 11 is 0. The van der Waals surface area contributed by atoms with Crippen LogP contribution in [0, 0.1) is 5.92 Å². The van der Waals surface area contributed by atoms with Gasteiger partial charge in [-0.05, 0) is 12.1 Å². The van der Waals surface area contributed by atoms with Crippen LogP contribution in [0.1, 0.15) is 12.7 Å². The standard InChI is InChI=1S/C12H12O2/c1-9(8-13)6-11-7-10-4-2-3-5-12(10)14-11/h2-5,7-9H,6H2,1H3. The lowest BCUT2D eigenvalue weighted by Gasteiger charge is -1.97. The van der Waals surface area contributed by atoms with Gasteiger partial charge in [-0.1, -0.05) is 25.1 Å². The van der Waals surface area contributed by atoms with E-state index in [0.717, 1.165) is 23.0 Å². The molecule has 2 heteroatoms. The van der Waals surface area contributed by atoms with E-state index < -0.39 is 0 Å². The predicted octanol–water partition coefficient (Wildman–Crippen LogP) is 2.81. The van der Waals surface area contributed by atoms with Gasteiger partial charge in [0.25, 0.3) is 0 Å². The second-order valence-corrected chi connectivity index (χ2v) is 3.57. The number of rotatable bonds is 3. The Bertz CT molecular complexity index is 409. The van der Waals surface area contributed by atoms with Crippen LogP contribution in [0.2, 0.25) is 0 Å². The van der Waals surface area contributed by atoms with E-state index in [1.54, 1.807) is 0 Å². The van der Waals surface area contributed by atoms with Crippen molar-refractivity contribution in [2.45, 2.75) is 13.3 Å². The highest BCUT2D eigenvalue weighted by Crippen LogP contribution is 2.20. The Labute approximate surface area is 82.5 Å². The molecular weight excluding hydrogens is 176 g/mol. The smallest absolute Gasteiger partial charge is 0.134 e. The maximum atomic E-state index is 10.5. The first-order valence-corrected chi connectivity index (χ1v) is 4.72. The number of hydrogen-bond acceptors (Lipinski definition) is 2. The number of carbonyl (C=O) groups excluding carboxylic acids is 1. The lowest BCUT2D eigenvalue weighted by molar-refractivity contribution is -0.110. The molecule has 0 aliphatic rings. The van der Waals surface area contributed by atoms with Crippen LogP contribution < -0.4 is 0 Å². The van der Waals surface area contributed by atoms with E-state index in [9.17, 15) is 4.79 Å². The zero-order valence-electron chi connectivity index (χ0n) is 8.07. The summed E-state index contributed by atoms with van der Waals surface area (Å²) in [6.45, 7) is 1.89. The monoisotopic (exact) mass is 188 g/mol. The maximum absolute atomic E-state index is 10.5. The van der Waals surface area contributed by atoms with Crippen molar-refractivity contribution in [1.82, 2.24) is 0 Å². The normalized spacial score (nSPS) is 12.9. The van der Waals surface area contributed by atoms with E-state index in [1.165, 1.54) is 0 Å². The van der Waals surface area contributed by atoms with Crippen molar-refractivity contribution in [2.75, 3.05) is 0 Å². The number of fused-ring (bicyclic) bond motifs is 1. The fourth-order valence-electron chi connectivity index (χ4n) is 1.50. The summed E-state index contributed by atoms with van der Waals surface area (Å²) in [7, 11) is 0. The third-order valence-electron chi connectivity index (χ3n) is 2.23. The van der Waals surface area contributed by atoms with E-state index >= 15 is 0 Å². The van der Waals surface area contributed by atoms with Crippen molar-refractivity contribution in [3.63, 3.8) is 0 Å². The Morgan fingerprint density at radius 1 is 1.43 bits per heavy atom. The van der Waals surface area contributed by atoms with E-state index in [0.29, 0.717) is 6.42 Å². The van der Waals surface area contributed by atoms with E-state index in [-0.39, 0.29) is 5.92 Å². The fourth-order valence-corrected chi connectivity index (χ4v) is 1.50. The molecule has 0 amide bonds. The molecule has 2 nitrogen and oxygen atoms in total. The van der Waals surface area contributed by atoms with Crippen LogP contribution in [0.25, 0.3) is 11.0 Å². The van der Waals surface area contributed by atoms with Gasteiger partial charge < -0.3 is 9.21 Å². The molecule has 2 rings (SSSR count). The molecule has 1 aromatic heterocycles. The molecule has 1 heterocycles. The summed E-state index contributed by atoms with van der Waals surface area (Å²) < 4.78 is 5.58. The van der Waals surface area contributed by atoms with Gasteiger partial charge >= 0.3 is 0 Å². The summed E-state index contributed by atoms with van der Waals surface area (Å²) in [5.74, 6) is 0.904. The van der Waals surface area contributed by atoms with Crippen molar-refractivity contribution in [1.29, 1.82) is 0 Å². The highest BCUT2D eigenvalue weighted by molar-refractivity contribution is 5.77. The second kappa shape index (κ2) is 3.66. The molecule has 0 fully saturated rings. The fraction of sp³-hybridized carbons (Fsp3) is 0.250. The van der Waals surface area contributed by atoms with Gasteiger partial charge in [0.2, 0.25) is 0 Å². The topological polar surface area (TPSA) is 30.2 Å². The molecule has 1 aromatic carbocycles. The molecule has 0 aliphatic heterocycles. The Kier molecular flexibility index (Phi) is 2.35. The maximum Gasteiger partial charge on any atom is 0.134 e. The first-order chi connectivity index (χ1) is 6.79. The number of hydrogen-bond donors (Lipinski definition) is 0. The third-order valence-corrected chi connectivity index (χ3v) is 2.23. The zero-order valence-corrected chi connectivity index (χ0v) is 8.07. The van der Waals surface area contributed by atoms with Crippen LogP contribution in [0.4, 0.5) is 0 Å². The van der Waals surface area contributed by atoms with Crippen LogP contribution >= 0.6 is 0 Å². The zero-order chi connectivity index (χ0) is 9.97. The molecule has 0 spiro atoms. The van der Waals surface area contributed by atoms with Gasteiger partial charge in [-0.15, -0.1) is 0 Å². The van der Waals surface area contributed by atoms with Crippen molar-refractivity contribution in [3.8, 4) is 0 Å². The summed E-state index contributed by atoms with van der Waals surface area (Å²) in [5, 5.41) is 1.10. The van der Waals surface area contributed by atoms with Crippen LogP contribution in [-0.2, 0) is 11.2 Å². The summed E-state index contributed by atoms with van der Waals surface area (Å²) in [4.78, 5) is 10.5.